The molecular formula is C18H27N3O3. The molecule has 6 heteroatoms. The lowest BCUT2D eigenvalue weighted by Crippen LogP contribution is -2.64. The van der Waals surface area contributed by atoms with Crippen LogP contribution >= 0.6 is 0 Å². The first-order chi connectivity index (χ1) is 11.7. The first-order valence-corrected chi connectivity index (χ1v) is 8.62. The largest absolute Gasteiger partial charge is 0.497 e. The Bertz CT molecular complexity index is 535. The predicted molar refractivity (Wildman–Crippen MR) is 92.2 cm³/mol. The zero-order valence-electron chi connectivity index (χ0n) is 14.5. The number of hydrogen-bond acceptors (Lipinski definition) is 4. The third-order valence-corrected chi connectivity index (χ3v) is 5.08. The summed E-state index contributed by atoms with van der Waals surface area (Å²) in [5, 5.41) is 2.99. The number of carbonyl (C=O) groups is 1. The summed E-state index contributed by atoms with van der Waals surface area (Å²) in [5.41, 5.74) is 1.07. The number of nitrogens with one attached hydrogen (secondary N) is 1. The van der Waals surface area contributed by atoms with Crippen molar-refractivity contribution in [1.82, 2.24) is 15.1 Å². The van der Waals surface area contributed by atoms with Crippen LogP contribution in [0.25, 0.3) is 0 Å². The van der Waals surface area contributed by atoms with Crippen molar-refractivity contribution in [3.8, 4) is 5.75 Å². The fraction of sp³-hybridized carbons (Fsp3) is 0.611. The molecule has 6 nitrogen and oxygen atoms in total. The van der Waals surface area contributed by atoms with Crippen LogP contribution in [-0.4, -0.2) is 68.4 Å². The van der Waals surface area contributed by atoms with E-state index in [0.29, 0.717) is 18.7 Å². The Kier molecular flexibility index (Phi) is 5.58. The molecule has 2 aliphatic heterocycles. The van der Waals surface area contributed by atoms with E-state index in [1.54, 1.807) is 14.2 Å². The highest BCUT2D eigenvalue weighted by Gasteiger charge is 2.36. The minimum atomic E-state index is 0.0221. The van der Waals surface area contributed by atoms with Gasteiger partial charge in [0.05, 0.1) is 13.2 Å². The van der Waals surface area contributed by atoms with Crippen molar-refractivity contribution < 1.29 is 14.3 Å². The Morgan fingerprint density at radius 3 is 2.42 bits per heavy atom. The van der Waals surface area contributed by atoms with Gasteiger partial charge in [0.15, 0.2) is 0 Å². The van der Waals surface area contributed by atoms with Crippen LogP contribution in [0.2, 0.25) is 0 Å². The van der Waals surface area contributed by atoms with E-state index in [1.807, 2.05) is 29.2 Å². The maximum Gasteiger partial charge on any atom is 0.317 e. The van der Waals surface area contributed by atoms with Gasteiger partial charge in [0.25, 0.3) is 0 Å². The molecule has 24 heavy (non-hydrogen) atoms. The molecular weight excluding hydrogens is 306 g/mol. The standard InChI is InChI=1S/C18H27N3O3/c1-23-16-5-3-14(4-6-16)11-19-18(22)21-12-15(13-21)20-9-7-17(24-2)8-10-20/h3-6,15,17H,7-13H2,1-2H3,(H,19,22). The van der Waals surface area contributed by atoms with Crippen molar-refractivity contribution in [2.24, 2.45) is 0 Å². The van der Waals surface area contributed by atoms with Crippen molar-refractivity contribution in [3.05, 3.63) is 29.8 Å². The van der Waals surface area contributed by atoms with Crippen LogP contribution in [0, 0.1) is 0 Å². The van der Waals surface area contributed by atoms with Crippen molar-refractivity contribution in [2.75, 3.05) is 40.4 Å². The highest BCUT2D eigenvalue weighted by atomic mass is 16.5. The Balaban J connectivity index is 1.37. The molecule has 1 aromatic carbocycles. The van der Waals surface area contributed by atoms with E-state index >= 15 is 0 Å². The van der Waals surface area contributed by atoms with E-state index in [0.717, 1.165) is 50.3 Å². The number of hydrogen-bond donors (Lipinski definition) is 1. The molecule has 2 fully saturated rings. The zero-order valence-corrected chi connectivity index (χ0v) is 14.5. The lowest BCUT2D eigenvalue weighted by Gasteiger charge is -2.47. The number of amides is 2. The smallest absolute Gasteiger partial charge is 0.317 e. The van der Waals surface area contributed by atoms with Crippen LogP contribution < -0.4 is 10.1 Å². The van der Waals surface area contributed by atoms with Crippen LogP contribution in [0.4, 0.5) is 4.79 Å². The van der Waals surface area contributed by atoms with Crippen LogP contribution in [0.5, 0.6) is 5.75 Å². The summed E-state index contributed by atoms with van der Waals surface area (Å²) in [5.74, 6) is 0.827. The number of rotatable bonds is 5. The first-order valence-electron chi connectivity index (χ1n) is 8.62. The number of urea groups is 1. The molecule has 0 spiro atoms. The SMILES string of the molecule is COc1ccc(CNC(=O)N2CC(N3CCC(OC)CC3)C2)cc1. The third-order valence-electron chi connectivity index (χ3n) is 5.08. The lowest BCUT2D eigenvalue weighted by molar-refractivity contribution is -0.00518. The van der Waals surface area contributed by atoms with Gasteiger partial charge in [-0.1, -0.05) is 12.1 Å². The van der Waals surface area contributed by atoms with Crippen LogP contribution in [0.1, 0.15) is 18.4 Å². The molecule has 2 amide bonds. The summed E-state index contributed by atoms with van der Waals surface area (Å²) >= 11 is 0. The molecule has 0 bridgehead atoms. The number of ether oxygens (including phenoxy) is 2. The molecule has 0 radical (unpaired) electrons. The summed E-state index contributed by atoms with van der Waals surface area (Å²) in [4.78, 5) is 16.6. The quantitative estimate of drug-likeness (QED) is 0.891. The summed E-state index contributed by atoms with van der Waals surface area (Å²) in [6.07, 6.45) is 2.60. The van der Waals surface area contributed by atoms with Gasteiger partial charge in [-0.3, -0.25) is 4.90 Å². The molecule has 0 aliphatic carbocycles. The monoisotopic (exact) mass is 333 g/mol. The van der Waals surface area contributed by atoms with Gasteiger partial charge in [-0.15, -0.1) is 0 Å². The molecule has 2 heterocycles. The highest BCUT2D eigenvalue weighted by molar-refractivity contribution is 5.75. The van der Waals surface area contributed by atoms with Gasteiger partial charge in [-0.05, 0) is 30.5 Å². The Labute approximate surface area is 143 Å². The third kappa shape index (κ3) is 3.99. The van der Waals surface area contributed by atoms with Crippen molar-refractivity contribution in [1.29, 1.82) is 0 Å². The summed E-state index contributed by atoms with van der Waals surface area (Å²) in [6.45, 7) is 4.34. The topological polar surface area (TPSA) is 54.0 Å². The lowest BCUT2D eigenvalue weighted by atomic mass is 10.0. The van der Waals surface area contributed by atoms with E-state index in [2.05, 4.69) is 10.2 Å². The van der Waals surface area contributed by atoms with Gasteiger partial charge >= 0.3 is 6.03 Å². The van der Waals surface area contributed by atoms with Crippen molar-refractivity contribution in [3.63, 3.8) is 0 Å². The Morgan fingerprint density at radius 1 is 1.17 bits per heavy atom. The molecule has 0 aromatic heterocycles. The molecule has 3 rings (SSSR count). The molecule has 0 unspecified atom stereocenters. The van der Waals surface area contributed by atoms with Gasteiger partial charge < -0.3 is 19.7 Å². The van der Waals surface area contributed by atoms with Crippen LogP contribution in [-0.2, 0) is 11.3 Å². The number of likely N-dealkylation sites (tertiary alicyclic amines) is 2. The maximum atomic E-state index is 12.2. The fourth-order valence-electron chi connectivity index (χ4n) is 3.36. The number of benzene rings is 1. The van der Waals surface area contributed by atoms with Crippen LogP contribution in [0.15, 0.2) is 24.3 Å². The second kappa shape index (κ2) is 7.85. The molecule has 1 aromatic rings. The highest BCUT2D eigenvalue weighted by Crippen LogP contribution is 2.21. The molecule has 0 atom stereocenters. The van der Waals surface area contributed by atoms with Crippen molar-refractivity contribution >= 4 is 6.03 Å². The first kappa shape index (κ1) is 17.0. The second-order valence-corrected chi connectivity index (χ2v) is 6.54. The molecule has 2 aliphatic rings. The summed E-state index contributed by atoms with van der Waals surface area (Å²) in [6, 6.07) is 8.29. The van der Waals surface area contributed by atoms with E-state index in [9.17, 15) is 4.79 Å². The number of methoxy groups -OCH3 is 2. The van der Waals surface area contributed by atoms with E-state index in [4.69, 9.17) is 9.47 Å². The average Bonchev–Trinajstić information content (AvgIpc) is 2.59. The fourth-order valence-corrected chi connectivity index (χ4v) is 3.36. The maximum absolute atomic E-state index is 12.2. The Morgan fingerprint density at radius 2 is 1.83 bits per heavy atom. The Hall–Kier alpha value is -1.79. The van der Waals surface area contributed by atoms with Gasteiger partial charge in [0, 0.05) is 45.9 Å². The normalized spacial score (nSPS) is 19.8. The summed E-state index contributed by atoms with van der Waals surface area (Å²) in [7, 11) is 3.44. The predicted octanol–water partition coefficient (Wildman–Crippen LogP) is 1.70. The van der Waals surface area contributed by atoms with E-state index in [1.165, 1.54) is 0 Å². The molecule has 2 saturated heterocycles. The van der Waals surface area contributed by atoms with Gasteiger partial charge in [0.1, 0.15) is 5.75 Å². The molecule has 1 N–H and O–H groups in total. The zero-order chi connectivity index (χ0) is 16.9. The number of piperidine rings is 1. The minimum absolute atomic E-state index is 0.0221. The van der Waals surface area contributed by atoms with Crippen molar-refractivity contribution in [2.45, 2.75) is 31.5 Å². The molecule has 0 saturated carbocycles. The van der Waals surface area contributed by atoms with Gasteiger partial charge in [-0.25, -0.2) is 4.79 Å². The van der Waals surface area contributed by atoms with E-state index < -0.39 is 0 Å². The second-order valence-electron chi connectivity index (χ2n) is 6.54. The number of carbonyl (C=O) groups excluding carboxylic acids is 1. The average molecular weight is 333 g/mol. The van der Waals surface area contributed by atoms with Gasteiger partial charge in [0.2, 0.25) is 0 Å². The van der Waals surface area contributed by atoms with Gasteiger partial charge in [-0.2, -0.15) is 0 Å². The number of nitrogens with zero attached hydrogens (tertiary/aromatic N) is 2. The van der Waals surface area contributed by atoms with Crippen LogP contribution in [0.3, 0.4) is 0 Å². The summed E-state index contributed by atoms with van der Waals surface area (Å²) < 4.78 is 10.5. The molecule has 132 valence electrons. The minimum Gasteiger partial charge on any atom is -0.497 e. The van der Waals surface area contributed by atoms with E-state index in [-0.39, 0.29) is 6.03 Å².